The van der Waals surface area contributed by atoms with Gasteiger partial charge in [0.2, 0.25) is 0 Å². The molecule has 0 aliphatic heterocycles. The number of carbonyl (C=O) groups excluding carboxylic acids is 1. The smallest absolute Gasteiger partial charge is 0.317 e. The highest BCUT2D eigenvalue weighted by atomic mass is 79.9. The fraction of sp³-hybridized carbons (Fsp3) is 0.476. The van der Waals surface area contributed by atoms with Crippen LogP contribution >= 0.6 is 15.9 Å². The number of carbonyl (C=O) groups is 1. The molecule has 2 aromatic rings. The maximum Gasteiger partial charge on any atom is 0.317 e. The third kappa shape index (κ3) is 2.32. The standard InChI is InChI=1S/C21H21BrO2/c22-21-11-14-7-15(12-21)10-20(9-14,13-21)19(23)24-18-6-5-16-3-1-2-4-17(16)8-18/h1-6,8,14-15H,7,9-13H2/t14-,15+,20?,21?. The van der Waals surface area contributed by atoms with E-state index in [-0.39, 0.29) is 15.7 Å². The summed E-state index contributed by atoms with van der Waals surface area (Å²) >= 11 is 3.97. The highest BCUT2D eigenvalue weighted by molar-refractivity contribution is 9.10. The number of benzene rings is 2. The molecule has 0 amide bonds. The van der Waals surface area contributed by atoms with Gasteiger partial charge >= 0.3 is 5.97 Å². The Morgan fingerprint density at radius 3 is 2.42 bits per heavy atom. The molecule has 0 radical (unpaired) electrons. The minimum atomic E-state index is -0.265. The number of ether oxygens (including phenoxy) is 1. The van der Waals surface area contributed by atoms with Crippen molar-refractivity contribution in [3.63, 3.8) is 0 Å². The van der Waals surface area contributed by atoms with E-state index in [2.05, 4.69) is 28.1 Å². The summed E-state index contributed by atoms with van der Waals surface area (Å²) in [5.41, 5.74) is -0.265. The van der Waals surface area contributed by atoms with Gasteiger partial charge in [0, 0.05) is 4.32 Å². The molecule has 0 saturated heterocycles. The van der Waals surface area contributed by atoms with Crippen molar-refractivity contribution in [3.8, 4) is 5.75 Å². The summed E-state index contributed by atoms with van der Waals surface area (Å²) in [6.07, 6.45) is 6.74. The molecule has 4 saturated carbocycles. The Kier molecular flexibility index (Phi) is 3.16. The summed E-state index contributed by atoms with van der Waals surface area (Å²) < 4.78 is 6.07. The van der Waals surface area contributed by atoms with Gasteiger partial charge < -0.3 is 4.74 Å². The van der Waals surface area contributed by atoms with Crippen molar-refractivity contribution in [2.45, 2.75) is 42.8 Å². The van der Waals surface area contributed by atoms with Crippen LogP contribution in [0.25, 0.3) is 10.8 Å². The topological polar surface area (TPSA) is 26.3 Å². The van der Waals surface area contributed by atoms with E-state index in [0.717, 1.165) is 24.6 Å². The van der Waals surface area contributed by atoms with E-state index < -0.39 is 0 Å². The third-order valence-corrected chi connectivity index (χ3v) is 7.28. The van der Waals surface area contributed by atoms with Crippen LogP contribution in [-0.2, 0) is 4.79 Å². The minimum absolute atomic E-state index is 0.00398. The van der Waals surface area contributed by atoms with Gasteiger partial charge in [-0.15, -0.1) is 0 Å². The highest BCUT2D eigenvalue weighted by Crippen LogP contribution is 2.64. The van der Waals surface area contributed by atoms with Gasteiger partial charge in [-0.2, -0.15) is 0 Å². The second-order valence-corrected chi connectivity index (χ2v) is 9.97. The molecular weight excluding hydrogens is 364 g/mol. The van der Waals surface area contributed by atoms with E-state index in [1.807, 2.05) is 30.3 Å². The summed E-state index contributed by atoms with van der Waals surface area (Å²) in [5.74, 6) is 2.05. The molecule has 4 aliphatic carbocycles. The van der Waals surface area contributed by atoms with E-state index in [1.54, 1.807) is 0 Å². The summed E-state index contributed by atoms with van der Waals surface area (Å²) in [6, 6.07) is 14.1. The number of alkyl halides is 1. The Labute approximate surface area is 150 Å². The second kappa shape index (κ2) is 5.08. The van der Waals surface area contributed by atoms with Crippen molar-refractivity contribution < 1.29 is 9.53 Å². The Bertz CT molecular complexity index is 813. The predicted molar refractivity (Wildman–Crippen MR) is 98.4 cm³/mol. The number of hydrogen-bond acceptors (Lipinski definition) is 2. The summed E-state index contributed by atoms with van der Waals surface area (Å²) in [5, 5.41) is 2.29. The van der Waals surface area contributed by atoms with Crippen molar-refractivity contribution in [2.24, 2.45) is 17.3 Å². The van der Waals surface area contributed by atoms with E-state index in [9.17, 15) is 4.79 Å². The maximum absolute atomic E-state index is 13.1. The molecule has 24 heavy (non-hydrogen) atoms. The molecule has 0 heterocycles. The summed E-state index contributed by atoms with van der Waals surface area (Å²) in [6.45, 7) is 0. The first-order valence-electron chi connectivity index (χ1n) is 8.94. The lowest BCUT2D eigenvalue weighted by Gasteiger charge is -2.58. The molecule has 4 bridgehead atoms. The first kappa shape index (κ1) is 14.9. The highest BCUT2D eigenvalue weighted by Gasteiger charge is 2.60. The molecule has 0 spiro atoms. The molecule has 4 atom stereocenters. The molecule has 0 N–H and O–H groups in total. The van der Waals surface area contributed by atoms with Crippen molar-refractivity contribution in [1.82, 2.24) is 0 Å². The molecule has 124 valence electrons. The number of esters is 1. The molecule has 2 nitrogen and oxygen atoms in total. The largest absolute Gasteiger partial charge is 0.426 e. The van der Waals surface area contributed by atoms with Crippen LogP contribution in [0, 0.1) is 17.3 Å². The lowest BCUT2D eigenvalue weighted by Crippen LogP contribution is -2.56. The van der Waals surface area contributed by atoms with Gasteiger partial charge in [-0.25, -0.2) is 0 Å². The zero-order chi connectivity index (χ0) is 16.4. The average Bonchev–Trinajstić information content (AvgIpc) is 2.52. The van der Waals surface area contributed by atoms with Crippen LogP contribution in [0.1, 0.15) is 38.5 Å². The average molecular weight is 385 g/mol. The Morgan fingerprint density at radius 2 is 1.71 bits per heavy atom. The Hall–Kier alpha value is -1.35. The van der Waals surface area contributed by atoms with Crippen LogP contribution in [0.5, 0.6) is 5.75 Å². The molecule has 0 aromatic heterocycles. The van der Waals surface area contributed by atoms with Crippen LogP contribution in [0.4, 0.5) is 0 Å². The molecule has 6 rings (SSSR count). The minimum Gasteiger partial charge on any atom is -0.426 e. The fourth-order valence-electron chi connectivity index (χ4n) is 5.84. The van der Waals surface area contributed by atoms with Gasteiger partial charge in [-0.3, -0.25) is 4.79 Å². The maximum atomic E-state index is 13.1. The van der Waals surface area contributed by atoms with Crippen LogP contribution in [0.2, 0.25) is 0 Å². The van der Waals surface area contributed by atoms with E-state index in [4.69, 9.17) is 4.74 Å². The zero-order valence-corrected chi connectivity index (χ0v) is 15.2. The van der Waals surface area contributed by atoms with Crippen molar-refractivity contribution in [2.75, 3.05) is 0 Å². The number of rotatable bonds is 2. The monoisotopic (exact) mass is 384 g/mol. The molecule has 4 aliphatic rings. The van der Waals surface area contributed by atoms with Crippen molar-refractivity contribution >= 4 is 32.7 Å². The normalized spacial score (nSPS) is 36.9. The number of fused-ring (bicyclic) bond motifs is 1. The first-order chi connectivity index (χ1) is 11.5. The van der Waals surface area contributed by atoms with Gasteiger partial charge in [0.25, 0.3) is 0 Å². The van der Waals surface area contributed by atoms with Gasteiger partial charge in [-0.05, 0) is 73.3 Å². The molecule has 4 fully saturated rings. The SMILES string of the molecule is O=C(Oc1ccc2ccccc2c1)C12C[C@@H]3C[C@@H](CC(Br)(C3)C1)C2. The second-order valence-electron chi connectivity index (χ2n) is 8.29. The zero-order valence-electron chi connectivity index (χ0n) is 13.6. The van der Waals surface area contributed by atoms with Crippen LogP contribution in [0.15, 0.2) is 42.5 Å². The van der Waals surface area contributed by atoms with Gasteiger partial charge in [-0.1, -0.05) is 46.3 Å². The Morgan fingerprint density at radius 1 is 1.00 bits per heavy atom. The molecule has 2 aromatic carbocycles. The van der Waals surface area contributed by atoms with Crippen molar-refractivity contribution in [1.29, 1.82) is 0 Å². The first-order valence-corrected chi connectivity index (χ1v) is 9.73. The van der Waals surface area contributed by atoms with E-state index in [0.29, 0.717) is 17.6 Å². The fourth-order valence-corrected chi connectivity index (χ4v) is 7.29. The van der Waals surface area contributed by atoms with E-state index >= 15 is 0 Å². The van der Waals surface area contributed by atoms with Gasteiger partial charge in [0.15, 0.2) is 0 Å². The number of hydrogen-bond donors (Lipinski definition) is 0. The summed E-state index contributed by atoms with van der Waals surface area (Å²) in [4.78, 5) is 13.1. The quantitative estimate of drug-likeness (QED) is 0.389. The molecule has 2 unspecified atom stereocenters. The predicted octanol–water partition coefficient (Wildman–Crippen LogP) is 5.48. The molecular formula is C21H21BrO2. The summed E-state index contributed by atoms with van der Waals surface area (Å²) in [7, 11) is 0. The lowest BCUT2D eigenvalue weighted by molar-refractivity contribution is -0.159. The molecule has 3 heteroatoms. The van der Waals surface area contributed by atoms with E-state index in [1.165, 1.54) is 24.6 Å². The third-order valence-electron chi connectivity index (χ3n) is 6.35. The van der Waals surface area contributed by atoms with Gasteiger partial charge in [0.05, 0.1) is 5.41 Å². The van der Waals surface area contributed by atoms with Crippen LogP contribution < -0.4 is 4.74 Å². The lowest BCUT2D eigenvalue weighted by atomic mass is 9.49. The van der Waals surface area contributed by atoms with Crippen LogP contribution in [-0.4, -0.2) is 10.3 Å². The number of halogens is 1. The van der Waals surface area contributed by atoms with Gasteiger partial charge in [0.1, 0.15) is 5.75 Å². The van der Waals surface area contributed by atoms with Crippen molar-refractivity contribution in [3.05, 3.63) is 42.5 Å². The Balaban J connectivity index is 1.43. The van der Waals surface area contributed by atoms with Crippen LogP contribution in [0.3, 0.4) is 0 Å².